The molecular formula is C23H22N4S. The second-order valence-corrected chi connectivity index (χ2v) is 7.37. The van der Waals surface area contributed by atoms with Crippen molar-refractivity contribution in [1.29, 1.82) is 0 Å². The van der Waals surface area contributed by atoms with Crippen LogP contribution >= 0.6 is 12.2 Å². The first-order chi connectivity index (χ1) is 13.6. The van der Waals surface area contributed by atoms with Crippen LogP contribution in [0.1, 0.15) is 16.7 Å². The first-order valence-corrected chi connectivity index (χ1v) is 9.64. The van der Waals surface area contributed by atoms with Crippen LogP contribution in [0.5, 0.6) is 0 Å². The minimum Gasteiger partial charge on any atom is -0.332 e. The van der Waals surface area contributed by atoms with Crippen molar-refractivity contribution in [1.82, 2.24) is 9.78 Å². The topological polar surface area (TPSA) is 41.9 Å². The minimum absolute atomic E-state index is 0.554. The van der Waals surface area contributed by atoms with Crippen LogP contribution in [0.3, 0.4) is 0 Å². The molecule has 0 spiro atoms. The number of aromatic nitrogens is 2. The molecule has 4 rings (SSSR count). The van der Waals surface area contributed by atoms with Crippen LogP contribution in [-0.2, 0) is 6.54 Å². The fourth-order valence-electron chi connectivity index (χ4n) is 3.27. The number of hydrogen-bond donors (Lipinski definition) is 2. The molecule has 0 saturated heterocycles. The van der Waals surface area contributed by atoms with Gasteiger partial charge >= 0.3 is 0 Å². The van der Waals surface area contributed by atoms with E-state index in [9.17, 15) is 0 Å². The molecule has 1 aromatic heterocycles. The molecule has 0 radical (unpaired) electrons. The van der Waals surface area contributed by atoms with Crippen molar-refractivity contribution >= 4 is 39.5 Å². The fraction of sp³-hybridized carbons (Fsp3) is 0.130. The molecule has 0 aliphatic rings. The highest BCUT2D eigenvalue weighted by molar-refractivity contribution is 7.80. The molecule has 0 bridgehead atoms. The molecule has 5 heteroatoms. The zero-order valence-corrected chi connectivity index (χ0v) is 16.8. The molecule has 4 aromatic rings. The molecule has 140 valence electrons. The molecule has 0 amide bonds. The van der Waals surface area contributed by atoms with Crippen LogP contribution in [0.25, 0.3) is 10.8 Å². The predicted octanol–water partition coefficient (Wildman–Crippen LogP) is 5.51. The second kappa shape index (κ2) is 7.82. The third-order valence-electron chi connectivity index (χ3n) is 4.74. The molecule has 0 atom stereocenters. The van der Waals surface area contributed by atoms with Crippen LogP contribution in [0, 0.1) is 13.8 Å². The Kier molecular flexibility index (Phi) is 5.08. The largest absolute Gasteiger partial charge is 0.332 e. The van der Waals surface area contributed by atoms with E-state index < -0.39 is 0 Å². The van der Waals surface area contributed by atoms with Crippen molar-refractivity contribution in [2.75, 3.05) is 10.6 Å². The van der Waals surface area contributed by atoms with Crippen LogP contribution in [0.4, 0.5) is 11.4 Å². The Labute approximate surface area is 170 Å². The minimum atomic E-state index is 0.554. The third kappa shape index (κ3) is 4.05. The van der Waals surface area contributed by atoms with E-state index in [1.807, 2.05) is 10.9 Å². The maximum Gasteiger partial charge on any atom is 0.175 e. The Morgan fingerprint density at radius 2 is 1.82 bits per heavy atom. The Hall–Kier alpha value is -3.18. The number of nitrogens with zero attached hydrogens (tertiary/aromatic N) is 2. The molecule has 0 aliphatic carbocycles. The van der Waals surface area contributed by atoms with Crippen molar-refractivity contribution < 1.29 is 0 Å². The summed E-state index contributed by atoms with van der Waals surface area (Å²) in [5.41, 5.74) is 5.47. The summed E-state index contributed by atoms with van der Waals surface area (Å²) in [6.07, 6.45) is 3.76. The van der Waals surface area contributed by atoms with Gasteiger partial charge in [0.15, 0.2) is 5.11 Å². The van der Waals surface area contributed by atoms with Crippen LogP contribution in [-0.4, -0.2) is 14.9 Å². The van der Waals surface area contributed by atoms with Crippen molar-refractivity contribution in [3.63, 3.8) is 0 Å². The maximum atomic E-state index is 5.46. The number of benzene rings is 3. The lowest BCUT2D eigenvalue weighted by Gasteiger charge is -2.12. The molecule has 1 heterocycles. The third-order valence-corrected chi connectivity index (χ3v) is 4.95. The van der Waals surface area contributed by atoms with Gasteiger partial charge in [0.1, 0.15) is 0 Å². The first kappa shape index (κ1) is 18.2. The van der Waals surface area contributed by atoms with Gasteiger partial charge in [-0.2, -0.15) is 5.10 Å². The van der Waals surface area contributed by atoms with Crippen molar-refractivity contribution in [3.8, 4) is 0 Å². The predicted molar refractivity (Wildman–Crippen MR) is 121 cm³/mol. The molecule has 2 N–H and O–H groups in total. The second-order valence-electron chi connectivity index (χ2n) is 6.96. The number of anilines is 2. The van der Waals surface area contributed by atoms with E-state index in [0.717, 1.165) is 16.9 Å². The quantitative estimate of drug-likeness (QED) is 0.454. The fourth-order valence-corrected chi connectivity index (χ4v) is 3.50. The van der Waals surface area contributed by atoms with Gasteiger partial charge in [-0.1, -0.05) is 54.6 Å². The van der Waals surface area contributed by atoms with Gasteiger partial charge in [-0.15, -0.1) is 0 Å². The molecule has 0 fully saturated rings. The van der Waals surface area contributed by atoms with Gasteiger partial charge in [0.2, 0.25) is 0 Å². The van der Waals surface area contributed by atoms with E-state index in [1.165, 1.54) is 21.9 Å². The molecule has 0 unspecified atom stereocenters. The lowest BCUT2D eigenvalue weighted by molar-refractivity contribution is 0.690. The zero-order valence-electron chi connectivity index (χ0n) is 15.9. The number of fused-ring (bicyclic) bond motifs is 1. The Morgan fingerprint density at radius 3 is 2.71 bits per heavy atom. The summed E-state index contributed by atoms with van der Waals surface area (Å²) in [5, 5.41) is 14.0. The molecule has 0 saturated carbocycles. The highest BCUT2D eigenvalue weighted by atomic mass is 32.1. The molecule has 3 aromatic carbocycles. The normalized spacial score (nSPS) is 10.8. The van der Waals surface area contributed by atoms with E-state index >= 15 is 0 Å². The van der Waals surface area contributed by atoms with Gasteiger partial charge in [0.05, 0.1) is 18.4 Å². The van der Waals surface area contributed by atoms with Gasteiger partial charge < -0.3 is 10.6 Å². The maximum absolute atomic E-state index is 5.46. The molecule has 4 nitrogen and oxygen atoms in total. The number of rotatable bonds is 4. The highest BCUT2D eigenvalue weighted by Gasteiger charge is 2.06. The van der Waals surface area contributed by atoms with Crippen molar-refractivity contribution in [2.24, 2.45) is 0 Å². The van der Waals surface area contributed by atoms with Crippen molar-refractivity contribution in [3.05, 3.63) is 89.7 Å². The summed E-state index contributed by atoms with van der Waals surface area (Å²) in [6.45, 7) is 4.84. The van der Waals surface area contributed by atoms with E-state index in [2.05, 4.69) is 90.2 Å². The Bertz CT molecular complexity index is 1140. The van der Waals surface area contributed by atoms with Gasteiger partial charge in [-0.05, 0) is 59.6 Å². The lowest BCUT2D eigenvalue weighted by Crippen LogP contribution is -2.19. The van der Waals surface area contributed by atoms with Gasteiger partial charge in [0.25, 0.3) is 0 Å². The number of thiocarbonyl (C=S) groups is 1. The average molecular weight is 387 g/mol. The monoisotopic (exact) mass is 386 g/mol. The first-order valence-electron chi connectivity index (χ1n) is 9.23. The van der Waals surface area contributed by atoms with Crippen LogP contribution in [0.15, 0.2) is 73.1 Å². The van der Waals surface area contributed by atoms with E-state index in [4.69, 9.17) is 12.2 Å². The summed E-state index contributed by atoms with van der Waals surface area (Å²) in [7, 11) is 0. The Balaban J connectivity index is 1.45. The van der Waals surface area contributed by atoms with Crippen molar-refractivity contribution in [2.45, 2.75) is 20.4 Å². The Morgan fingerprint density at radius 1 is 1.00 bits per heavy atom. The van der Waals surface area contributed by atoms with E-state index in [1.54, 1.807) is 6.20 Å². The molecule has 28 heavy (non-hydrogen) atoms. The van der Waals surface area contributed by atoms with E-state index in [-0.39, 0.29) is 0 Å². The summed E-state index contributed by atoms with van der Waals surface area (Å²) >= 11 is 5.46. The zero-order chi connectivity index (χ0) is 19.5. The average Bonchev–Trinajstić information content (AvgIpc) is 3.12. The molecular weight excluding hydrogens is 364 g/mol. The summed E-state index contributed by atoms with van der Waals surface area (Å²) in [5.74, 6) is 0. The number of nitrogens with one attached hydrogen (secondary N) is 2. The standard InChI is InChI=1S/C23H22N4S/c1-16-10-11-17(2)22(12-16)26-23(28)25-20-13-24-27(15-20)14-19-8-5-7-18-6-3-4-9-21(18)19/h3-13,15H,14H2,1-2H3,(H2,25,26,28). The summed E-state index contributed by atoms with van der Waals surface area (Å²) < 4.78 is 1.92. The van der Waals surface area contributed by atoms with Gasteiger partial charge in [0, 0.05) is 11.9 Å². The van der Waals surface area contributed by atoms with Crippen LogP contribution < -0.4 is 10.6 Å². The summed E-state index contributed by atoms with van der Waals surface area (Å²) in [4.78, 5) is 0. The number of aryl methyl sites for hydroxylation is 2. The highest BCUT2D eigenvalue weighted by Crippen LogP contribution is 2.20. The summed E-state index contributed by atoms with van der Waals surface area (Å²) in [6, 6.07) is 21.0. The van der Waals surface area contributed by atoms with Gasteiger partial charge in [-0.25, -0.2) is 0 Å². The smallest absolute Gasteiger partial charge is 0.175 e. The van der Waals surface area contributed by atoms with Gasteiger partial charge in [-0.3, -0.25) is 4.68 Å². The van der Waals surface area contributed by atoms with Crippen LogP contribution in [0.2, 0.25) is 0 Å². The SMILES string of the molecule is Cc1ccc(C)c(NC(=S)Nc2cnn(Cc3cccc4ccccc34)c2)c1. The number of hydrogen-bond acceptors (Lipinski definition) is 2. The molecule has 0 aliphatic heterocycles. The lowest BCUT2D eigenvalue weighted by atomic mass is 10.0. The van der Waals surface area contributed by atoms with E-state index in [0.29, 0.717) is 11.7 Å².